The number of oxazole rings is 1. The molecule has 0 aliphatic carbocycles. The summed E-state index contributed by atoms with van der Waals surface area (Å²) in [5.74, 6) is 1.52. The van der Waals surface area contributed by atoms with Gasteiger partial charge in [-0.1, -0.05) is 6.92 Å². The normalized spacial score (nSPS) is 10.7. The fraction of sp³-hybridized carbons (Fsp3) is 0.417. The monoisotopic (exact) mass is 248 g/mol. The van der Waals surface area contributed by atoms with Gasteiger partial charge in [0.2, 0.25) is 0 Å². The van der Waals surface area contributed by atoms with E-state index in [4.69, 9.17) is 4.42 Å². The van der Waals surface area contributed by atoms with Gasteiger partial charge in [0.15, 0.2) is 12.7 Å². The van der Waals surface area contributed by atoms with E-state index in [-0.39, 0.29) is 0 Å². The summed E-state index contributed by atoms with van der Waals surface area (Å²) in [6.07, 6.45) is 6.45. The van der Waals surface area contributed by atoms with E-state index < -0.39 is 0 Å². The van der Waals surface area contributed by atoms with E-state index in [0.717, 1.165) is 25.1 Å². The maximum absolute atomic E-state index is 11.0. The Balaban J connectivity index is 2.14. The number of nitrogens with zero attached hydrogens (tertiary/aromatic N) is 3. The molecule has 0 atom stereocenters. The second-order valence-corrected chi connectivity index (χ2v) is 3.95. The Labute approximate surface area is 105 Å². The summed E-state index contributed by atoms with van der Waals surface area (Å²) in [5.41, 5.74) is 0.541. The average molecular weight is 248 g/mol. The lowest BCUT2D eigenvalue weighted by molar-refractivity contribution is 0.111. The minimum atomic E-state index is 0.469. The number of carbonyl (C=O) groups is 1. The summed E-state index contributed by atoms with van der Waals surface area (Å²) in [6, 6.07) is 0. The van der Waals surface area contributed by atoms with Gasteiger partial charge < -0.3 is 14.3 Å². The van der Waals surface area contributed by atoms with Crippen LogP contribution < -0.4 is 5.32 Å². The lowest BCUT2D eigenvalue weighted by atomic mass is 10.4. The van der Waals surface area contributed by atoms with Crippen LogP contribution in [0.15, 0.2) is 23.2 Å². The van der Waals surface area contributed by atoms with Crippen molar-refractivity contribution in [3.05, 3.63) is 36.1 Å². The SMILES string of the molecule is CCCNCc1ncc(C=O)n1Cc1cnco1. The van der Waals surface area contributed by atoms with Gasteiger partial charge in [0.1, 0.15) is 17.3 Å². The first-order valence-electron chi connectivity index (χ1n) is 5.92. The molecule has 2 aromatic rings. The molecule has 0 spiro atoms. The van der Waals surface area contributed by atoms with E-state index in [1.54, 1.807) is 12.4 Å². The highest BCUT2D eigenvalue weighted by Crippen LogP contribution is 2.08. The molecule has 0 aromatic carbocycles. The van der Waals surface area contributed by atoms with Crippen molar-refractivity contribution in [2.75, 3.05) is 6.54 Å². The predicted molar refractivity (Wildman–Crippen MR) is 65.2 cm³/mol. The third kappa shape index (κ3) is 2.84. The van der Waals surface area contributed by atoms with E-state index in [0.29, 0.717) is 24.5 Å². The average Bonchev–Trinajstić information content (AvgIpc) is 3.01. The summed E-state index contributed by atoms with van der Waals surface area (Å²) in [4.78, 5) is 19.1. The van der Waals surface area contributed by atoms with Gasteiger partial charge >= 0.3 is 0 Å². The fourth-order valence-corrected chi connectivity index (χ4v) is 1.70. The number of nitrogens with one attached hydrogen (secondary N) is 1. The molecule has 6 nitrogen and oxygen atoms in total. The Kier molecular flexibility index (Phi) is 4.25. The van der Waals surface area contributed by atoms with Crippen molar-refractivity contribution >= 4 is 6.29 Å². The first-order chi connectivity index (χ1) is 8.85. The van der Waals surface area contributed by atoms with Gasteiger partial charge in [0, 0.05) is 0 Å². The zero-order chi connectivity index (χ0) is 12.8. The van der Waals surface area contributed by atoms with E-state index >= 15 is 0 Å². The van der Waals surface area contributed by atoms with Crippen LogP contribution in [0.3, 0.4) is 0 Å². The molecule has 6 heteroatoms. The Morgan fingerprint density at radius 2 is 2.39 bits per heavy atom. The van der Waals surface area contributed by atoms with Crippen molar-refractivity contribution in [3.8, 4) is 0 Å². The molecule has 0 saturated carbocycles. The van der Waals surface area contributed by atoms with E-state index in [1.165, 1.54) is 6.39 Å². The molecule has 0 aliphatic heterocycles. The highest BCUT2D eigenvalue weighted by atomic mass is 16.3. The molecule has 1 N–H and O–H groups in total. The van der Waals surface area contributed by atoms with Crippen LogP contribution in [0.25, 0.3) is 0 Å². The van der Waals surface area contributed by atoms with Gasteiger partial charge in [0.25, 0.3) is 0 Å². The molecule has 18 heavy (non-hydrogen) atoms. The smallest absolute Gasteiger partial charge is 0.180 e. The minimum absolute atomic E-state index is 0.469. The van der Waals surface area contributed by atoms with Crippen molar-refractivity contribution in [2.45, 2.75) is 26.4 Å². The minimum Gasteiger partial charge on any atom is -0.447 e. The summed E-state index contributed by atoms with van der Waals surface area (Å²) in [5, 5.41) is 3.26. The number of hydrogen-bond donors (Lipinski definition) is 1. The van der Waals surface area contributed by atoms with Crippen LogP contribution in [0.4, 0.5) is 0 Å². The third-order valence-corrected chi connectivity index (χ3v) is 2.60. The number of rotatable bonds is 7. The van der Waals surface area contributed by atoms with Gasteiger partial charge in [-0.3, -0.25) is 4.79 Å². The van der Waals surface area contributed by atoms with Crippen LogP contribution in [0, 0.1) is 0 Å². The van der Waals surface area contributed by atoms with Crippen molar-refractivity contribution in [2.24, 2.45) is 0 Å². The number of imidazole rings is 1. The summed E-state index contributed by atoms with van der Waals surface area (Å²) >= 11 is 0. The summed E-state index contributed by atoms with van der Waals surface area (Å²) in [7, 11) is 0. The zero-order valence-electron chi connectivity index (χ0n) is 10.3. The first-order valence-corrected chi connectivity index (χ1v) is 5.92. The zero-order valence-corrected chi connectivity index (χ0v) is 10.3. The number of aromatic nitrogens is 3. The predicted octanol–water partition coefficient (Wildman–Crippen LogP) is 1.23. The molecule has 2 heterocycles. The Morgan fingerprint density at radius 1 is 1.50 bits per heavy atom. The van der Waals surface area contributed by atoms with Crippen LogP contribution in [0.5, 0.6) is 0 Å². The molecule has 0 saturated heterocycles. The van der Waals surface area contributed by atoms with Crippen molar-refractivity contribution < 1.29 is 9.21 Å². The van der Waals surface area contributed by atoms with E-state index in [2.05, 4.69) is 22.2 Å². The second-order valence-electron chi connectivity index (χ2n) is 3.95. The molecule has 2 rings (SSSR count). The van der Waals surface area contributed by atoms with Crippen LogP contribution in [-0.4, -0.2) is 27.4 Å². The lowest BCUT2D eigenvalue weighted by Crippen LogP contribution is -2.18. The van der Waals surface area contributed by atoms with Gasteiger partial charge in [0.05, 0.1) is 25.5 Å². The molecular formula is C12H16N4O2. The van der Waals surface area contributed by atoms with E-state index in [9.17, 15) is 4.79 Å². The number of carbonyl (C=O) groups excluding carboxylic acids is 1. The van der Waals surface area contributed by atoms with Gasteiger partial charge in [-0.2, -0.15) is 0 Å². The van der Waals surface area contributed by atoms with Crippen LogP contribution in [-0.2, 0) is 13.1 Å². The quantitative estimate of drug-likeness (QED) is 0.589. The first kappa shape index (κ1) is 12.5. The van der Waals surface area contributed by atoms with Gasteiger partial charge in [-0.15, -0.1) is 0 Å². The van der Waals surface area contributed by atoms with Crippen molar-refractivity contribution in [1.29, 1.82) is 0 Å². The van der Waals surface area contributed by atoms with Crippen LogP contribution in [0.1, 0.15) is 35.4 Å². The highest BCUT2D eigenvalue weighted by Gasteiger charge is 2.10. The Bertz CT molecular complexity index is 490. The topological polar surface area (TPSA) is 73.0 Å². The fourth-order valence-electron chi connectivity index (χ4n) is 1.70. The molecule has 2 aromatic heterocycles. The number of hydrogen-bond acceptors (Lipinski definition) is 5. The molecule has 0 radical (unpaired) electrons. The van der Waals surface area contributed by atoms with E-state index in [1.807, 2.05) is 4.57 Å². The summed E-state index contributed by atoms with van der Waals surface area (Å²) < 4.78 is 7.02. The Hall–Kier alpha value is -1.95. The summed E-state index contributed by atoms with van der Waals surface area (Å²) in [6.45, 7) is 4.13. The molecule has 0 unspecified atom stereocenters. The maximum Gasteiger partial charge on any atom is 0.180 e. The van der Waals surface area contributed by atoms with Gasteiger partial charge in [-0.25, -0.2) is 9.97 Å². The standard InChI is InChI=1S/C12H16N4O2/c1-2-3-13-6-12-15-4-10(8-17)16(12)7-11-5-14-9-18-11/h4-5,8-9,13H,2-3,6-7H2,1H3. The maximum atomic E-state index is 11.0. The Morgan fingerprint density at radius 3 is 3.06 bits per heavy atom. The molecule has 0 fully saturated rings. The van der Waals surface area contributed by atoms with Crippen molar-refractivity contribution in [3.63, 3.8) is 0 Å². The van der Waals surface area contributed by atoms with Crippen molar-refractivity contribution in [1.82, 2.24) is 19.9 Å². The molecule has 0 amide bonds. The largest absolute Gasteiger partial charge is 0.447 e. The molecular weight excluding hydrogens is 232 g/mol. The lowest BCUT2D eigenvalue weighted by Gasteiger charge is -2.08. The molecule has 96 valence electrons. The van der Waals surface area contributed by atoms with Gasteiger partial charge in [-0.05, 0) is 13.0 Å². The second kappa shape index (κ2) is 6.11. The molecule has 0 bridgehead atoms. The third-order valence-electron chi connectivity index (χ3n) is 2.60. The molecule has 0 aliphatic rings. The van der Waals surface area contributed by atoms with Crippen LogP contribution in [0.2, 0.25) is 0 Å². The number of aldehydes is 1. The highest BCUT2D eigenvalue weighted by molar-refractivity contribution is 5.71. The van der Waals surface area contributed by atoms with Crippen LogP contribution >= 0.6 is 0 Å².